The molecule has 3 aromatic rings. The van der Waals surface area contributed by atoms with Crippen molar-refractivity contribution < 1.29 is 19.1 Å². The summed E-state index contributed by atoms with van der Waals surface area (Å²) in [5.41, 5.74) is 1.47. The molecule has 1 amide bonds. The molecule has 8 nitrogen and oxygen atoms in total. The highest BCUT2D eigenvalue weighted by Gasteiger charge is 2.21. The molecular formula is C24H28N4O4S2. The van der Waals surface area contributed by atoms with E-state index in [1.54, 1.807) is 19.1 Å². The molecule has 2 aromatic heterocycles. The molecule has 0 aliphatic rings. The van der Waals surface area contributed by atoms with Gasteiger partial charge in [0.2, 0.25) is 5.91 Å². The number of aromatic nitrogens is 3. The van der Waals surface area contributed by atoms with Crippen molar-refractivity contribution in [3.05, 3.63) is 64.8 Å². The van der Waals surface area contributed by atoms with Crippen LogP contribution in [0.15, 0.2) is 48.1 Å². The molecule has 0 saturated heterocycles. The lowest BCUT2D eigenvalue weighted by Gasteiger charge is -2.16. The number of rotatable bonds is 11. The van der Waals surface area contributed by atoms with Crippen LogP contribution < -0.4 is 10.1 Å². The van der Waals surface area contributed by atoms with Crippen molar-refractivity contribution in [2.75, 3.05) is 17.7 Å². The maximum atomic E-state index is 12.6. The molecule has 1 atom stereocenters. The Morgan fingerprint density at radius 2 is 2.09 bits per heavy atom. The second kappa shape index (κ2) is 11.8. The van der Waals surface area contributed by atoms with Gasteiger partial charge in [0.25, 0.3) is 0 Å². The van der Waals surface area contributed by atoms with Crippen LogP contribution in [0.2, 0.25) is 0 Å². The Labute approximate surface area is 207 Å². The molecule has 0 fully saturated rings. The first kappa shape index (κ1) is 25.5. The zero-order valence-corrected chi connectivity index (χ0v) is 21.3. The van der Waals surface area contributed by atoms with Crippen LogP contribution in [0.3, 0.4) is 0 Å². The molecule has 1 unspecified atom stereocenters. The fraction of sp³-hybridized carbons (Fsp3) is 0.333. The molecule has 0 aliphatic carbocycles. The van der Waals surface area contributed by atoms with Gasteiger partial charge in [0, 0.05) is 11.4 Å². The van der Waals surface area contributed by atoms with Crippen LogP contribution in [-0.2, 0) is 16.1 Å². The van der Waals surface area contributed by atoms with Crippen molar-refractivity contribution in [1.29, 1.82) is 0 Å². The molecule has 1 aromatic carbocycles. The van der Waals surface area contributed by atoms with Crippen LogP contribution in [0.5, 0.6) is 5.75 Å². The second-order valence-corrected chi connectivity index (χ2v) is 9.67. The number of carbonyl (C=O) groups excluding carboxylic acids is 2. The number of nitrogens with one attached hydrogen (secondary N) is 1. The van der Waals surface area contributed by atoms with Crippen molar-refractivity contribution >= 4 is 40.0 Å². The zero-order chi connectivity index (χ0) is 24.7. The molecule has 0 spiro atoms. The number of thioether (sulfide) groups is 1. The molecule has 10 heteroatoms. The number of esters is 1. The van der Waals surface area contributed by atoms with E-state index < -0.39 is 5.97 Å². The summed E-state index contributed by atoms with van der Waals surface area (Å²) in [5, 5.41) is 12.4. The highest BCUT2D eigenvalue weighted by molar-refractivity contribution is 7.99. The predicted molar refractivity (Wildman–Crippen MR) is 135 cm³/mol. The molecule has 0 radical (unpaired) electrons. The minimum Gasteiger partial charge on any atom is -0.483 e. The van der Waals surface area contributed by atoms with Crippen LogP contribution >= 0.6 is 23.1 Å². The van der Waals surface area contributed by atoms with Gasteiger partial charge in [-0.25, -0.2) is 4.79 Å². The van der Waals surface area contributed by atoms with Gasteiger partial charge in [-0.05, 0) is 51.5 Å². The molecular weight excluding hydrogens is 472 g/mol. The van der Waals surface area contributed by atoms with Gasteiger partial charge in [-0.1, -0.05) is 30.0 Å². The van der Waals surface area contributed by atoms with E-state index in [1.165, 1.54) is 23.1 Å². The van der Waals surface area contributed by atoms with Crippen molar-refractivity contribution in [1.82, 2.24) is 14.8 Å². The van der Waals surface area contributed by atoms with E-state index in [2.05, 4.69) is 22.1 Å². The minimum absolute atomic E-state index is 0.0988. The van der Waals surface area contributed by atoms with E-state index in [0.29, 0.717) is 28.1 Å². The molecule has 3 rings (SSSR count). The SMILES string of the molecule is C=CCn1c(SCC(=O)Nc2sc(C)cc2C(=O)OCC)nnc1C(C)Oc1cccc(C)c1. The molecule has 34 heavy (non-hydrogen) atoms. The van der Waals surface area contributed by atoms with E-state index in [9.17, 15) is 9.59 Å². The van der Waals surface area contributed by atoms with E-state index in [4.69, 9.17) is 9.47 Å². The molecule has 0 aliphatic heterocycles. The predicted octanol–water partition coefficient (Wildman–Crippen LogP) is 5.19. The summed E-state index contributed by atoms with van der Waals surface area (Å²) >= 11 is 2.59. The van der Waals surface area contributed by atoms with E-state index in [-0.39, 0.29) is 24.4 Å². The van der Waals surface area contributed by atoms with Gasteiger partial charge in [0.15, 0.2) is 17.1 Å². The lowest BCUT2D eigenvalue weighted by Crippen LogP contribution is -2.17. The third-order valence-electron chi connectivity index (χ3n) is 4.66. The fourth-order valence-electron chi connectivity index (χ4n) is 3.21. The number of carbonyl (C=O) groups is 2. The van der Waals surface area contributed by atoms with Gasteiger partial charge in [-0.3, -0.25) is 9.36 Å². The topological polar surface area (TPSA) is 95.3 Å². The number of allylic oxidation sites excluding steroid dienone is 1. The first-order valence-corrected chi connectivity index (χ1v) is 12.6. The van der Waals surface area contributed by atoms with Crippen LogP contribution in [0.4, 0.5) is 5.00 Å². The van der Waals surface area contributed by atoms with Crippen LogP contribution in [0.25, 0.3) is 0 Å². The summed E-state index contributed by atoms with van der Waals surface area (Å²) in [6, 6.07) is 9.52. The van der Waals surface area contributed by atoms with Crippen LogP contribution in [0.1, 0.15) is 46.6 Å². The average Bonchev–Trinajstić information content (AvgIpc) is 3.35. The molecule has 0 bridgehead atoms. The summed E-state index contributed by atoms with van der Waals surface area (Å²) in [5.74, 6) is 0.784. The third kappa shape index (κ3) is 6.48. The number of benzene rings is 1. The first-order chi connectivity index (χ1) is 16.3. The van der Waals surface area contributed by atoms with Crippen LogP contribution in [-0.4, -0.2) is 39.0 Å². The number of thiophene rings is 1. The summed E-state index contributed by atoms with van der Waals surface area (Å²) in [6.45, 7) is 12.1. The Balaban J connectivity index is 1.68. The Morgan fingerprint density at radius 3 is 2.79 bits per heavy atom. The largest absolute Gasteiger partial charge is 0.483 e. The quantitative estimate of drug-likeness (QED) is 0.220. The first-order valence-electron chi connectivity index (χ1n) is 10.8. The van der Waals surface area contributed by atoms with Crippen molar-refractivity contribution in [2.24, 2.45) is 0 Å². The standard InChI is InChI=1S/C24H28N4O4S2/c1-6-11-28-21(17(5)32-18-10-8-9-15(3)12-18)26-27-24(28)33-14-20(29)25-22-19(13-16(4)34-22)23(30)31-7-2/h6,8-10,12-13,17H,1,7,11,14H2,2-5H3,(H,25,29). The van der Waals surface area contributed by atoms with Gasteiger partial charge in [0.05, 0.1) is 17.9 Å². The second-order valence-electron chi connectivity index (χ2n) is 7.47. The summed E-state index contributed by atoms with van der Waals surface area (Å²) in [7, 11) is 0. The Kier molecular flexibility index (Phi) is 8.89. The Morgan fingerprint density at radius 1 is 1.29 bits per heavy atom. The Bertz CT molecular complexity index is 1170. The lowest BCUT2D eigenvalue weighted by atomic mass is 10.2. The number of nitrogens with zero attached hydrogens (tertiary/aromatic N) is 3. The number of anilines is 1. The van der Waals surface area contributed by atoms with Crippen molar-refractivity contribution in [2.45, 2.75) is 45.5 Å². The van der Waals surface area contributed by atoms with E-state index in [1.807, 2.05) is 49.6 Å². The fourth-order valence-corrected chi connectivity index (χ4v) is 4.88. The van der Waals surface area contributed by atoms with Gasteiger partial charge in [-0.2, -0.15) is 0 Å². The number of ether oxygens (including phenoxy) is 2. The van der Waals surface area contributed by atoms with E-state index >= 15 is 0 Å². The number of aryl methyl sites for hydroxylation is 2. The zero-order valence-electron chi connectivity index (χ0n) is 19.7. The van der Waals surface area contributed by atoms with Gasteiger partial charge < -0.3 is 14.8 Å². The van der Waals surface area contributed by atoms with Gasteiger partial charge >= 0.3 is 5.97 Å². The molecule has 0 saturated carbocycles. The number of hydrogen-bond acceptors (Lipinski definition) is 8. The highest BCUT2D eigenvalue weighted by Crippen LogP contribution is 2.29. The minimum atomic E-state index is -0.451. The number of hydrogen-bond donors (Lipinski definition) is 1. The monoisotopic (exact) mass is 500 g/mol. The normalized spacial score (nSPS) is 11.6. The summed E-state index contributed by atoms with van der Waals surface area (Å²) < 4.78 is 13.0. The smallest absolute Gasteiger partial charge is 0.341 e. The lowest BCUT2D eigenvalue weighted by molar-refractivity contribution is -0.113. The van der Waals surface area contributed by atoms with Crippen LogP contribution in [0, 0.1) is 13.8 Å². The Hall–Kier alpha value is -3.11. The maximum Gasteiger partial charge on any atom is 0.341 e. The van der Waals surface area contributed by atoms with Crippen molar-refractivity contribution in [3.63, 3.8) is 0 Å². The molecule has 2 heterocycles. The average molecular weight is 501 g/mol. The summed E-state index contributed by atoms with van der Waals surface area (Å²) in [6.07, 6.45) is 1.40. The molecule has 1 N–H and O–H groups in total. The number of amides is 1. The molecule has 180 valence electrons. The van der Waals surface area contributed by atoms with Gasteiger partial charge in [0.1, 0.15) is 10.8 Å². The van der Waals surface area contributed by atoms with Crippen molar-refractivity contribution in [3.8, 4) is 5.75 Å². The van der Waals surface area contributed by atoms with Gasteiger partial charge in [-0.15, -0.1) is 28.1 Å². The maximum absolute atomic E-state index is 12.6. The van der Waals surface area contributed by atoms with E-state index in [0.717, 1.165) is 16.2 Å². The third-order valence-corrected chi connectivity index (χ3v) is 6.59. The summed E-state index contributed by atoms with van der Waals surface area (Å²) in [4.78, 5) is 25.7. The highest BCUT2D eigenvalue weighted by atomic mass is 32.2.